The van der Waals surface area contributed by atoms with Crippen molar-refractivity contribution in [3.05, 3.63) is 71.6 Å². The molecular formula is C20H19ClN4O2. The average Bonchev–Trinajstić information content (AvgIpc) is 3.25. The molecule has 4 rings (SSSR count). The normalized spacial score (nSPS) is 14.9. The van der Waals surface area contributed by atoms with E-state index in [1.807, 2.05) is 35.2 Å². The van der Waals surface area contributed by atoms with E-state index >= 15 is 0 Å². The third-order valence-corrected chi connectivity index (χ3v) is 4.83. The highest BCUT2D eigenvalue weighted by atomic mass is 35.5. The Labute approximate surface area is 162 Å². The molecule has 1 amide bonds. The number of hydrogen-bond acceptors (Lipinski definition) is 4. The molecule has 1 saturated heterocycles. The summed E-state index contributed by atoms with van der Waals surface area (Å²) in [5.41, 5.74) is 0.618. The van der Waals surface area contributed by atoms with Crippen LogP contribution < -0.4 is 4.74 Å². The molecule has 7 heteroatoms. The van der Waals surface area contributed by atoms with Gasteiger partial charge < -0.3 is 9.64 Å². The van der Waals surface area contributed by atoms with Crippen molar-refractivity contribution in [2.24, 2.45) is 0 Å². The third-order valence-electron chi connectivity index (χ3n) is 4.58. The number of rotatable bonds is 4. The van der Waals surface area contributed by atoms with Gasteiger partial charge >= 0.3 is 0 Å². The van der Waals surface area contributed by atoms with E-state index in [1.165, 1.54) is 0 Å². The van der Waals surface area contributed by atoms with Gasteiger partial charge in [-0.15, -0.1) is 0 Å². The molecule has 0 unspecified atom stereocenters. The van der Waals surface area contributed by atoms with Gasteiger partial charge in [0.25, 0.3) is 5.91 Å². The van der Waals surface area contributed by atoms with Gasteiger partial charge in [-0.2, -0.15) is 5.10 Å². The molecular weight excluding hydrogens is 364 g/mol. The summed E-state index contributed by atoms with van der Waals surface area (Å²) in [6.07, 6.45) is 6.82. The minimum Gasteiger partial charge on any atom is -0.490 e. The fourth-order valence-corrected chi connectivity index (χ4v) is 3.27. The van der Waals surface area contributed by atoms with Gasteiger partial charge in [0.05, 0.1) is 0 Å². The van der Waals surface area contributed by atoms with E-state index in [0.29, 0.717) is 29.5 Å². The predicted molar refractivity (Wildman–Crippen MR) is 102 cm³/mol. The van der Waals surface area contributed by atoms with Crippen LogP contribution in [0.3, 0.4) is 0 Å². The zero-order chi connectivity index (χ0) is 18.6. The smallest absolute Gasteiger partial charge is 0.254 e. The van der Waals surface area contributed by atoms with E-state index in [1.54, 1.807) is 35.4 Å². The lowest BCUT2D eigenvalue weighted by Gasteiger charge is -2.32. The molecule has 27 heavy (non-hydrogen) atoms. The van der Waals surface area contributed by atoms with Gasteiger partial charge in [0, 0.05) is 55.1 Å². The molecule has 138 valence electrons. The number of likely N-dealkylation sites (tertiary alicyclic amines) is 1. The molecule has 1 aromatic carbocycles. The number of carbonyl (C=O) groups excluding carboxylic acids is 1. The van der Waals surface area contributed by atoms with E-state index in [2.05, 4.69) is 10.1 Å². The summed E-state index contributed by atoms with van der Waals surface area (Å²) in [6.45, 7) is 1.33. The van der Waals surface area contributed by atoms with E-state index in [9.17, 15) is 4.79 Å². The number of benzene rings is 1. The van der Waals surface area contributed by atoms with Gasteiger partial charge in [-0.3, -0.25) is 4.79 Å². The van der Waals surface area contributed by atoms with Crippen LogP contribution in [0.25, 0.3) is 5.82 Å². The zero-order valence-corrected chi connectivity index (χ0v) is 15.4. The molecule has 2 aromatic heterocycles. The van der Waals surface area contributed by atoms with Crippen molar-refractivity contribution in [3.63, 3.8) is 0 Å². The number of nitrogens with zero attached hydrogens (tertiary/aromatic N) is 4. The van der Waals surface area contributed by atoms with E-state index in [0.717, 1.165) is 18.6 Å². The number of halogens is 1. The van der Waals surface area contributed by atoms with Gasteiger partial charge in [-0.1, -0.05) is 11.6 Å². The summed E-state index contributed by atoms with van der Waals surface area (Å²) >= 11 is 5.90. The molecule has 1 aliphatic rings. The quantitative estimate of drug-likeness (QED) is 0.691. The first-order valence-electron chi connectivity index (χ1n) is 8.86. The van der Waals surface area contributed by atoms with Crippen LogP contribution in [0.4, 0.5) is 0 Å². The van der Waals surface area contributed by atoms with Crippen LogP contribution in [0.15, 0.2) is 61.1 Å². The molecule has 0 atom stereocenters. The Morgan fingerprint density at radius 3 is 2.59 bits per heavy atom. The number of amides is 1. The first-order chi connectivity index (χ1) is 13.2. The molecule has 0 N–H and O–H groups in total. The predicted octanol–water partition coefficient (Wildman–Crippen LogP) is 3.60. The maximum Gasteiger partial charge on any atom is 0.254 e. The SMILES string of the molecule is O=C(c1ccnc(-n2cccn2)c1)N1CCC(Oc2ccc(Cl)cc2)CC1. The summed E-state index contributed by atoms with van der Waals surface area (Å²) in [7, 11) is 0. The van der Waals surface area contributed by atoms with Crippen LogP contribution in [-0.2, 0) is 0 Å². The molecule has 1 fully saturated rings. The number of piperidine rings is 1. The second kappa shape index (κ2) is 7.80. The standard InChI is InChI=1S/C20H19ClN4O2/c21-16-2-4-17(5-3-16)27-18-7-12-24(13-8-18)20(26)15-6-10-22-19(14-15)25-11-1-9-23-25/h1-6,9-11,14,18H,7-8,12-13H2. The number of pyridine rings is 1. The van der Waals surface area contributed by atoms with Gasteiger partial charge in [-0.05, 0) is 42.5 Å². The third kappa shape index (κ3) is 4.11. The highest BCUT2D eigenvalue weighted by Gasteiger charge is 2.25. The van der Waals surface area contributed by atoms with Crippen LogP contribution >= 0.6 is 11.6 Å². The van der Waals surface area contributed by atoms with Crippen LogP contribution in [0.2, 0.25) is 5.02 Å². The van der Waals surface area contributed by atoms with Gasteiger partial charge in [-0.25, -0.2) is 9.67 Å². The number of carbonyl (C=O) groups is 1. The van der Waals surface area contributed by atoms with Crippen LogP contribution in [0.1, 0.15) is 23.2 Å². The molecule has 0 radical (unpaired) electrons. The van der Waals surface area contributed by atoms with Crippen molar-refractivity contribution in [1.29, 1.82) is 0 Å². The largest absolute Gasteiger partial charge is 0.490 e. The highest BCUT2D eigenvalue weighted by molar-refractivity contribution is 6.30. The Morgan fingerprint density at radius 2 is 1.89 bits per heavy atom. The van der Waals surface area contributed by atoms with Crippen LogP contribution in [-0.4, -0.2) is 44.8 Å². The number of hydrogen-bond donors (Lipinski definition) is 0. The Bertz CT molecular complexity index is 904. The summed E-state index contributed by atoms with van der Waals surface area (Å²) in [5.74, 6) is 1.45. The Morgan fingerprint density at radius 1 is 1.11 bits per heavy atom. The first kappa shape index (κ1) is 17.5. The van der Waals surface area contributed by atoms with Gasteiger partial charge in [0.1, 0.15) is 11.9 Å². The second-order valence-corrected chi connectivity index (χ2v) is 6.85. The molecule has 0 aliphatic carbocycles. The lowest BCUT2D eigenvalue weighted by atomic mass is 10.1. The van der Waals surface area contributed by atoms with Crippen molar-refractivity contribution in [3.8, 4) is 11.6 Å². The fourth-order valence-electron chi connectivity index (χ4n) is 3.15. The van der Waals surface area contributed by atoms with Gasteiger partial charge in [0.15, 0.2) is 5.82 Å². The average molecular weight is 383 g/mol. The fraction of sp³-hybridized carbons (Fsp3) is 0.250. The molecule has 1 aliphatic heterocycles. The van der Waals surface area contributed by atoms with Crippen molar-refractivity contribution in [2.45, 2.75) is 18.9 Å². The number of aromatic nitrogens is 3. The highest BCUT2D eigenvalue weighted by Crippen LogP contribution is 2.22. The van der Waals surface area contributed by atoms with Crippen molar-refractivity contribution < 1.29 is 9.53 Å². The van der Waals surface area contributed by atoms with Crippen molar-refractivity contribution in [1.82, 2.24) is 19.7 Å². The Hall–Kier alpha value is -2.86. The first-order valence-corrected chi connectivity index (χ1v) is 9.24. The molecule has 6 nitrogen and oxygen atoms in total. The topological polar surface area (TPSA) is 60.2 Å². The van der Waals surface area contributed by atoms with Crippen LogP contribution in [0.5, 0.6) is 5.75 Å². The lowest BCUT2D eigenvalue weighted by Crippen LogP contribution is -2.41. The van der Waals surface area contributed by atoms with Crippen molar-refractivity contribution >= 4 is 17.5 Å². The zero-order valence-electron chi connectivity index (χ0n) is 14.7. The summed E-state index contributed by atoms with van der Waals surface area (Å²) in [4.78, 5) is 19.0. The Balaban J connectivity index is 1.37. The summed E-state index contributed by atoms with van der Waals surface area (Å²) in [5, 5.41) is 4.85. The van der Waals surface area contributed by atoms with E-state index in [4.69, 9.17) is 16.3 Å². The summed E-state index contributed by atoms with van der Waals surface area (Å²) < 4.78 is 7.64. The Kier molecular flexibility index (Phi) is 5.07. The van der Waals surface area contributed by atoms with E-state index < -0.39 is 0 Å². The molecule has 0 bridgehead atoms. The minimum absolute atomic E-state index is 0.00995. The maximum absolute atomic E-state index is 12.8. The monoisotopic (exact) mass is 382 g/mol. The van der Waals surface area contributed by atoms with Gasteiger partial charge in [0.2, 0.25) is 0 Å². The molecule has 0 spiro atoms. The van der Waals surface area contributed by atoms with E-state index in [-0.39, 0.29) is 12.0 Å². The summed E-state index contributed by atoms with van der Waals surface area (Å²) in [6, 6.07) is 12.7. The molecule has 3 aromatic rings. The van der Waals surface area contributed by atoms with Crippen LogP contribution in [0, 0.1) is 0 Å². The number of ether oxygens (including phenoxy) is 1. The second-order valence-electron chi connectivity index (χ2n) is 6.42. The lowest BCUT2D eigenvalue weighted by molar-refractivity contribution is 0.0595. The minimum atomic E-state index is 0.00995. The molecule has 0 saturated carbocycles. The maximum atomic E-state index is 12.8. The van der Waals surface area contributed by atoms with Crippen molar-refractivity contribution in [2.75, 3.05) is 13.1 Å². The molecule has 3 heterocycles.